The first-order valence-corrected chi connectivity index (χ1v) is 10.8. The van der Waals surface area contributed by atoms with Gasteiger partial charge in [0.25, 0.3) is 0 Å². The lowest BCUT2D eigenvalue weighted by molar-refractivity contribution is -0.121. The summed E-state index contributed by atoms with van der Waals surface area (Å²) in [6.07, 6.45) is 3.99. The SMILES string of the molecule is COc1ccc2c(c1)C[C@@H](C(=O)Nc1ccc(-c3cn[nH]c3)cc1Oc1ccc(F)cc1)CO2. The van der Waals surface area contributed by atoms with Crippen LogP contribution in [-0.4, -0.2) is 29.8 Å². The van der Waals surface area contributed by atoms with Gasteiger partial charge in [-0.25, -0.2) is 4.39 Å². The smallest absolute Gasteiger partial charge is 0.231 e. The fourth-order valence-electron chi connectivity index (χ4n) is 3.83. The van der Waals surface area contributed by atoms with Gasteiger partial charge in [-0.05, 0) is 72.1 Å². The van der Waals surface area contributed by atoms with E-state index in [1.807, 2.05) is 24.3 Å². The van der Waals surface area contributed by atoms with Gasteiger partial charge in [0.05, 0.1) is 24.9 Å². The molecule has 3 aromatic carbocycles. The third-order valence-corrected chi connectivity index (χ3v) is 5.66. The Balaban J connectivity index is 1.39. The number of halogens is 1. The van der Waals surface area contributed by atoms with Gasteiger partial charge in [0.1, 0.15) is 29.7 Å². The van der Waals surface area contributed by atoms with Crippen LogP contribution in [0.3, 0.4) is 0 Å². The second-order valence-electron chi connectivity index (χ2n) is 7.93. The lowest BCUT2D eigenvalue weighted by Crippen LogP contribution is -2.32. The van der Waals surface area contributed by atoms with Crippen LogP contribution in [0.25, 0.3) is 11.1 Å². The number of methoxy groups -OCH3 is 1. The van der Waals surface area contributed by atoms with Gasteiger partial charge in [-0.3, -0.25) is 9.89 Å². The van der Waals surface area contributed by atoms with Crippen LogP contribution in [0.2, 0.25) is 0 Å². The van der Waals surface area contributed by atoms with Gasteiger partial charge < -0.3 is 19.5 Å². The molecule has 2 heterocycles. The van der Waals surface area contributed by atoms with E-state index in [0.29, 0.717) is 29.4 Å². The van der Waals surface area contributed by atoms with Crippen molar-refractivity contribution in [3.63, 3.8) is 0 Å². The lowest BCUT2D eigenvalue weighted by Gasteiger charge is -2.25. The summed E-state index contributed by atoms with van der Waals surface area (Å²) >= 11 is 0. The number of benzene rings is 3. The number of amides is 1. The molecular formula is C26H22FN3O4. The molecule has 172 valence electrons. The number of nitrogens with one attached hydrogen (secondary N) is 2. The van der Waals surface area contributed by atoms with Crippen LogP contribution in [0.1, 0.15) is 5.56 Å². The van der Waals surface area contributed by atoms with E-state index >= 15 is 0 Å². The third kappa shape index (κ3) is 4.56. The van der Waals surface area contributed by atoms with Crippen LogP contribution in [0.4, 0.5) is 10.1 Å². The fourth-order valence-corrected chi connectivity index (χ4v) is 3.83. The predicted octanol–water partition coefficient (Wildman–Crippen LogP) is 5.21. The van der Waals surface area contributed by atoms with Gasteiger partial charge >= 0.3 is 0 Å². The average Bonchev–Trinajstić information content (AvgIpc) is 3.41. The quantitative estimate of drug-likeness (QED) is 0.414. The number of fused-ring (bicyclic) bond motifs is 1. The summed E-state index contributed by atoms with van der Waals surface area (Å²) in [5.41, 5.74) is 3.14. The molecule has 0 saturated heterocycles. The van der Waals surface area contributed by atoms with Crippen molar-refractivity contribution in [1.29, 1.82) is 0 Å². The van der Waals surface area contributed by atoms with Crippen molar-refractivity contribution in [2.24, 2.45) is 5.92 Å². The Bertz CT molecular complexity index is 1310. The van der Waals surface area contributed by atoms with E-state index in [4.69, 9.17) is 14.2 Å². The van der Waals surface area contributed by atoms with E-state index in [0.717, 1.165) is 22.4 Å². The topological polar surface area (TPSA) is 85.5 Å². The van der Waals surface area contributed by atoms with Gasteiger partial charge in [0.15, 0.2) is 5.75 Å². The molecule has 1 aliphatic heterocycles. The lowest BCUT2D eigenvalue weighted by atomic mass is 9.95. The molecule has 0 unspecified atom stereocenters. The minimum Gasteiger partial charge on any atom is -0.497 e. The van der Waals surface area contributed by atoms with E-state index in [9.17, 15) is 9.18 Å². The standard InChI is InChI=1S/C26H22FN3O4/c1-32-22-7-9-24-17(11-22)10-18(15-33-24)26(31)30-23-8-2-16(19-13-28-29-14-19)12-25(23)34-21-5-3-20(27)4-6-21/h2-9,11-14,18H,10,15H2,1H3,(H,28,29)(H,30,31)/t18-/m1/s1. The third-order valence-electron chi connectivity index (χ3n) is 5.66. The summed E-state index contributed by atoms with van der Waals surface area (Å²) in [4.78, 5) is 13.2. The molecule has 1 amide bonds. The summed E-state index contributed by atoms with van der Waals surface area (Å²) in [7, 11) is 1.60. The van der Waals surface area contributed by atoms with E-state index in [1.165, 1.54) is 24.3 Å². The first-order chi connectivity index (χ1) is 16.6. The van der Waals surface area contributed by atoms with E-state index in [-0.39, 0.29) is 24.2 Å². The number of aromatic amines is 1. The number of rotatable bonds is 6. The number of hydrogen-bond acceptors (Lipinski definition) is 5. The monoisotopic (exact) mass is 459 g/mol. The van der Waals surface area contributed by atoms with Crippen molar-refractivity contribution in [1.82, 2.24) is 10.2 Å². The minimum absolute atomic E-state index is 0.187. The van der Waals surface area contributed by atoms with E-state index < -0.39 is 0 Å². The molecule has 0 bridgehead atoms. The number of nitrogens with zero attached hydrogens (tertiary/aromatic N) is 1. The normalized spacial score (nSPS) is 14.6. The fraction of sp³-hybridized carbons (Fsp3) is 0.154. The molecule has 4 aromatic rings. The number of carbonyl (C=O) groups excluding carboxylic acids is 1. The van der Waals surface area contributed by atoms with Crippen molar-refractivity contribution in [3.8, 4) is 34.1 Å². The number of anilines is 1. The van der Waals surface area contributed by atoms with Crippen LogP contribution < -0.4 is 19.5 Å². The molecular weight excluding hydrogens is 437 g/mol. The minimum atomic E-state index is -0.383. The van der Waals surface area contributed by atoms with Gasteiger partial charge in [-0.1, -0.05) is 6.07 Å². The largest absolute Gasteiger partial charge is 0.497 e. The highest BCUT2D eigenvalue weighted by Gasteiger charge is 2.27. The van der Waals surface area contributed by atoms with Crippen LogP contribution in [0.5, 0.6) is 23.0 Å². The maximum absolute atomic E-state index is 13.3. The maximum atomic E-state index is 13.3. The molecule has 1 atom stereocenters. The summed E-state index contributed by atoms with van der Waals surface area (Å²) in [6.45, 7) is 0.270. The van der Waals surface area contributed by atoms with Crippen molar-refractivity contribution < 1.29 is 23.4 Å². The molecule has 34 heavy (non-hydrogen) atoms. The second-order valence-corrected chi connectivity index (χ2v) is 7.93. The van der Waals surface area contributed by atoms with Crippen LogP contribution in [0, 0.1) is 11.7 Å². The molecule has 7 nitrogen and oxygen atoms in total. The first kappa shape index (κ1) is 21.5. The summed E-state index contributed by atoms with van der Waals surface area (Å²) in [6, 6.07) is 16.7. The average molecular weight is 459 g/mol. The first-order valence-electron chi connectivity index (χ1n) is 10.8. The summed E-state index contributed by atoms with van der Waals surface area (Å²) in [5, 5.41) is 9.74. The highest BCUT2D eigenvalue weighted by Crippen LogP contribution is 2.36. The van der Waals surface area contributed by atoms with Crippen molar-refractivity contribution in [2.45, 2.75) is 6.42 Å². The Labute approximate surface area is 195 Å². The number of aromatic nitrogens is 2. The number of carbonyl (C=O) groups is 1. The number of hydrogen-bond donors (Lipinski definition) is 2. The second kappa shape index (κ2) is 9.27. The Kier molecular flexibility index (Phi) is 5.86. The van der Waals surface area contributed by atoms with Crippen molar-refractivity contribution >= 4 is 11.6 Å². The van der Waals surface area contributed by atoms with Crippen LogP contribution in [-0.2, 0) is 11.2 Å². The summed E-state index contributed by atoms with van der Waals surface area (Å²) in [5.74, 6) is 1.42. The zero-order valence-electron chi connectivity index (χ0n) is 18.4. The predicted molar refractivity (Wildman–Crippen MR) is 125 cm³/mol. The highest BCUT2D eigenvalue weighted by atomic mass is 19.1. The molecule has 0 fully saturated rings. The highest BCUT2D eigenvalue weighted by molar-refractivity contribution is 5.95. The Morgan fingerprint density at radius 3 is 2.68 bits per heavy atom. The zero-order valence-corrected chi connectivity index (χ0v) is 18.4. The van der Waals surface area contributed by atoms with Gasteiger partial charge in [-0.15, -0.1) is 0 Å². The van der Waals surface area contributed by atoms with E-state index in [2.05, 4.69) is 15.5 Å². The molecule has 2 N–H and O–H groups in total. The summed E-state index contributed by atoms with van der Waals surface area (Å²) < 4.78 is 30.5. The Morgan fingerprint density at radius 1 is 1.09 bits per heavy atom. The molecule has 8 heteroatoms. The van der Waals surface area contributed by atoms with Crippen LogP contribution in [0.15, 0.2) is 73.1 Å². The van der Waals surface area contributed by atoms with Crippen molar-refractivity contribution in [3.05, 3.63) is 84.4 Å². The molecule has 0 saturated carbocycles. The van der Waals surface area contributed by atoms with Gasteiger partial charge in [-0.2, -0.15) is 5.10 Å². The molecule has 1 aromatic heterocycles. The number of ether oxygens (including phenoxy) is 3. The molecule has 1 aliphatic rings. The van der Waals surface area contributed by atoms with E-state index in [1.54, 1.807) is 31.6 Å². The van der Waals surface area contributed by atoms with Crippen molar-refractivity contribution in [2.75, 3.05) is 19.0 Å². The molecule has 5 rings (SSSR count). The Hall–Kier alpha value is -4.33. The molecule has 0 aliphatic carbocycles. The molecule has 0 radical (unpaired) electrons. The maximum Gasteiger partial charge on any atom is 0.231 e. The van der Waals surface area contributed by atoms with Gasteiger partial charge in [0, 0.05) is 11.8 Å². The Morgan fingerprint density at radius 2 is 1.91 bits per heavy atom. The van der Waals surface area contributed by atoms with Gasteiger partial charge in [0.2, 0.25) is 5.91 Å². The zero-order chi connectivity index (χ0) is 23.5. The number of H-pyrrole nitrogens is 1. The molecule has 0 spiro atoms. The van der Waals surface area contributed by atoms with Crippen LogP contribution >= 0.6 is 0 Å².